The van der Waals surface area contributed by atoms with Gasteiger partial charge in [-0.3, -0.25) is 14.4 Å². The normalized spacial score (nSPS) is 41.6. The Kier molecular flexibility index (Phi) is 3.58. The van der Waals surface area contributed by atoms with Gasteiger partial charge in [0.1, 0.15) is 5.78 Å². The fraction of sp³-hybridized carbons (Fsp3) is 0.625. The number of hydrogen-bond acceptors (Lipinski definition) is 4. The Morgan fingerprint density at radius 1 is 1.11 bits per heavy atom. The molecule has 28 heavy (non-hydrogen) atoms. The maximum Gasteiger partial charge on any atom is 0.313 e. The summed E-state index contributed by atoms with van der Waals surface area (Å²) in [5.74, 6) is -0.125. The van der Waals surface area contributed by atoms with Crippen LogP contribution in [0.25, 0.3) is 0 Å². The van der Waals surface area contributed by atoms with E-state index in [4.69, 9.17) is 4.74 Å². The maximum atomic E-state index is 13.2. The zero-order valence-corrected chi connectivity index (χ0v) is 17.0. The zero-order chi connectivity index (χ0) is 19.9. The van der Waals surface area contributed by atoms with Crippen molar-refractivity contribution in [3.8, 4) is 0 Å². The molecule has 1 spiro atoms. The predicted octanol–water partition coefficient (Wildman–Crippen LogP) is 4.25. The first-order valence-electron chi connectivity index (χ1n) is 10.6. The third-order valence-electron chi connectivity index (χ3n) is 8.83. The first kappa shape index (κ1) is 18.1. The van der Waals surface area contributed by atoms with Crippen molar-refractivity contribution in [3.63, 3.8) is 0 Å². The van der Waals surface area contributed by atoms with Crippen molar-refractivity contribution in [2.45, 2.75) is 65.2 Å². The monoisotopic (exact) mass is 380 g/mol. The van der Waals surface area contributed by atoms with E-state index < -0.39 is 11.3 Å². The Bertz CT molecular complexity index is 919. The van der Waals surface area contributed by atoms with Gasteiger partial charge in [-0.05, 0) is 61.2 Å². The SMILES string of the molecule is COC(=O)[C@@H]1CC2=CC(=O)CCC2(C)C2=C1C1=CC[C@@]3(C)CCC(=O)[C@@]13CC2. The molecule has 0 N–H and O–H groups in total. The number of carbonyl (C=O) groups excluding carboxylic acids is 3. The topological polar surface area (TPSA) is 60.4 Å². The van der Waals surface area contributed by atoms with Crippen LogP contribution in [0.15, 0.2) is 34.4 Å². The largest absolute Gasteiger partial charge is 0.469 e. The van der Waals surface area contributed by atoms with Gasteiger partial charge in [0.25, 0.3) is 0 Å². The van der Waals surface area contributed by atoms with E-state index in [0.717, 1.165) is 48.8 Å². The summed E-state index contributed by atoms with van der Waals surface area (Å²) >= 11 is 0. The summed E-state index contributed by atoms with van der Waals surface area (Å²) in [6.45, 7) is 4.49. The van der Waals surface area contributed by atoms with Crippen LogP contribution in [-0.2, 0) is 19.1 Å². The van der Waals surface area contributed by atoms with Crippen LogP contribution in [0.4, 0.5) is 0 Å². The fourth-order valence-corrected chi connectivity index (χ4v) is 7.16. The van der Waals surface area contributed by atoms with Crippen LogP contribution in [0, 0.1) is 22.2 Å². The van der Waals surface area contributed by atoms with Gasteiger partial charge in [-0.1, -0.05) is 31.1 Å². The van der Waals surface area contributed by atoms with Crippen LogP contribution >= 0.6 is 0 Å². The van der Waals surface area contributed by atoms with E-state index in [1.165, 1.54) is 12.7 Å². The number of ether oxygens (including phenoxy) is 1. The molecule has 0 aromatic heterocycles. The van der Waals surface area contributed by atoms with Gasteiger partial charge in [-0.25, -0.2) is 0 Å². The van der Waals surface area contributed by atoms with E-state index in [0.29, 0.717) is 25.0 Å². The van der Waals surface area contributed by atoms with Crippen molar-refractivity contribution in [1.82, 2.24) is 0 Å². The Morgan fingerprint density at radius 2 is 1.89 bits per heavy atom. The Morgan fingerprint density at radius 3 is 2.64 bits per heavy atom. The summed E-state index contributed by atoms with van der Waals surface area (Å²) in [7, 11) is 1.43. The van der Waals surface area contributed by atoms with Crippen molar-refractivity contribution >= 4 is 17.5 Å². The molecule has 4 heteroatoms. The molecule has 0 amide bonds. The van der Waals surface area contributed by atoms with E-state index in [9.17, 15) is 14.4 Å². The summed E-state index contributed by atoms with van der Waals surface area (Å²) in [4.78, 5) is 38.2. The van der Waals surface area contributed by atoms with Gasteiger partial charge in [-0.2, -0.15) is 0 Å². The van der Waals surface area contributed by atoms with E-state index in [1.807, 2.05) is 0 Å². The van der Waals surface area contributed by atoms with Gasteiger partial charge >= 0.3 is 5.97 Å². The van der Waals surface area contributed by atoms with E-state index in [1.54, 1.807) is 6.08 Å². The molecule has 1 saturated carbocycles. The highest BCUT2D eigenvalue weighted by Crippen LogP contribution is 2.70. The lowest BCUT2D eigenvalue weighted by molar-refractivity contribution is -0.144. The highest BCUT2D eigenvalue weighted by atomic mass is 16.5. The molecular weight excluding hydrogens is 352 g/mol. The number of carbonyl (C=O) groups is 3. The van der Waals surface area contributed by atoms with E-state index >= 15 is 0 Å². The van der Waals surface area contributed by atoms with Crippen LogP contribution in [0.2, 0.25) is 0 Å². The second-order valence-corrected chi connectivity index (χ2v) is 9.85. The van der Waals surface area contributed by atoms with Crippen molar-refractivity contribution in [1.29, 1.82) is 0 Å². The number of fused-ring (bicyclic) bond motifs is 3. The molecule has 1 fully saturated rings. The molecule has 0 saturated heterocycles. The predicted molar refractivity (Wildman–Crippen MR) is 104 cm³/mol. The average molecular weight is 380 g/mol. The van der Waals surface area contributed by atoms with E-state index in [2.05, 4.69) is 19.9 Å². The molecule has 4 nitrogen and oxygen atoms in total. The molecule has 0 bridgehead atoms. The molecule has 148 valence electrons. The molecular formula is C24H28O4. The fourth-order valence-electron chi connectivity index (χ4n) is 7.16. The van der Waals surface area contributed by atoms with E-state index in [-0.39, 0.29) is 22.6 Å². The number of rotatable bonds is 1. The lowest BCUT2D eigenvalue weighted by Gasteiger charge is -2.52. The first-order valence-corrected chi connectivity index (χ1v) is 10.6. The Balaban J connectivity index is 1.74. The second kappa shape index (κ2) is 5.55. The molecule has 0 aromatic carbocycles. The lowest BCUT2D eigenvalue weighted by atomic mass is 9.50. The minimum absolute atomic E-state index is 0.0157. The number of Topliss-reactive ketones (excluding diaryl/α,β-unsaturated/α-hetero) is 1. The molecule has 5 aliphatic rings. The minimum atomic E-state index is -0.416. The smallest absolute Gasteiger partial charge is 0.313 e. The summed E-state index contributed by atoms with van der Waals surface area (Å²) in [5.41, 5.74) is 3.98. The molecule has 5 rings (SSSR count). The third-order valence-corrected chi connectivity index (χ3v) is 8.83. The molecule has 5 aliphatic carbocycles. The Labute approximate surface area is 166 Å². The molecule has 0 aliphatic heterocycles. The van der Waals surface area contributed by atoms with Crippen molar-refractivity contribution in [3.05, 3.63) is 34.4 Å². The first-order chi connectivity index (χ1) is 13.3. The standard InChI is InChI=1S/C24H28O4/c1-22-8-5-18-20-16(21(27)28-3)13-14-12-15(25)4-10-23(14,2)17(20)6-11-24(18,22)19(26)7-9-22/h5,12,16H,4,6-11,13H2,1-3H3/t16-,22+,23?,24-/m1/s1. The number of methoxy groups -OCH3 is 1. The summed E-state index contributed by atoms with van der Waals surface area (Å²) in [6.07, 6.45) is 10.1. The summed E-state index contributed by atoms with van der Waals surface area (Å²) in [5, 5.41) is 0. The number of esters is 1. The number of hydrogen-bond donors (Lipinski definition) is 0. The third kappa shape index (κ3) is 1.94. The average Bonchev–Trinajstić information content (AvgIpc) is 3.11. The van der Waals surface area contributed by atoms with Gasteiger partial charge in [0.15, 0.2) is 5.78 Å². The maximum absolute atomic E-state index is 13.2. The van der Waals surface area contributed by atoms with Crippen LogP contribution in [0.3, 0.4) is 0 Å². The second-order valence-electron chi connectivity index (χ2n) is 9.85. The molecule has 0 radical (unpaired) electrons. The van der Waals surface area contributed by atoms with Crippen molar-refractivity contribution in [2.75, 3.05) is 7.11 Å². The van der Waals surface area contributed by atoms with Gasteiger partial charge in [0.2, 0.25) is 0 Å². The Hall–Kier alpha value is -1.97. The molecule has 1 unspecified atom stereocenters. The highest BCUT2D eigenvalue weighted by Gasteiger charge is 2.65. The molecule has 4 atom stereocenters. The van der Waals surface area contributed by atoms with Gasteiger partial charge in [-0.15, -0.1) is 0 Å². The van der Waals surface area contributed by atoms with Crippen LogP contribution in [0.1, 0.15) is 65.2 Å². The van der Waals surface area contributed by atoms with Crippen LogP contribution in [-0.4, -0.2) is 24.6 Å². The zero-order valence-electron chi connectivity index (χ0n) is 17.0. The van der Waals surface area contributed by atoms with Crippen molar-refractivity contribution in [2.24, 2.45) is 22.2 Å². The molecule has 0 heterocycles. The van der Waals surface area contributed by atoms with Crippen LogP contribution in [0.5, 0.6) is 0 Å². The number of allylic oxidation sites excluding steroid dienone is 5. The summed E-state index contributed by atoms with van der Waals surface area (Å²) < 4.78 is 5.19. The van der Waals surface area contributed by atoms with Gasteiger partial charge < -0.3 is 4.74 Å². The minimum Gasteiger partial charge on any atom is -0.469 e. The quantitative estimate of drug-likeness (QED) is 0.638. The number of ketones is 2. The highest BCUT2D eigenvalue weighted by molar-refractivity contribution is 5.96. The lowest BCUT2D eigenvalue weighted by Crippen LogP contribution is -2.46. The van der Waals surface area contributed by atoms with Crippen LogP contribution < -0.4 is 0 Å². The summed E-state index contributed by atoms with van der Waals surface area (Å²) in [6, 6.07) is 0. The van der Waals surface area contributed by atoms with Gasteiger partial charge in [0, 0.05) is 18.3 Å². The molecule has 0 aromatic rings. The van der Waals surface area contributed by atoms with Crippen molar-refractivity contribution < 1.29 is 19.1 Å². The van der Waals surface area contributed by atoms with Gasteiger partial charge in [0.05, 0.1) is 18.4 Å².